The van der Waals surface area contributed by atoms with Gasteiger partial charge < -0.3 is 9.80 Å². The zero-order valence-electron chi connectivity index (χ0n) is 14.6. The molecular formula is C21H26N2. The lowest BCUT2D eigenvalue weighted by atomic mass is 10.1. The molecule has 0 unspecified atom stereocenters. The Labute approximate surface area is 140 Å². The summed E-state index contributed by atoms with van der Waals surface area (Å²) in [6, 6.07) is 13.6. The van der Waals surface area contributed by atoms with Crippen molar-refractivity contribution >= 4 is 0 Å². The molecule has 2 aromatic carbocycles. The first kappa shape index (κ1) is 15.7. The van der Waals surface area contributed by atoms with Crippen LogP contribution in [0.4, 0.5) is 0 Å². The molecule has 0 spiro atoms. The van der Waals surface area contributed by atoms with Gasteiger partial charge in [0.15, 0.2) is 0 Å². The molecule has 2 aromatic rings. The van der Waals surface area contributed by atoms with Crippen molar-refractivity contribution in [3.8, 4) is 0 Å². The Hall–Kier alpha value is -2.22. The molecule has 0 radical (unpaired) electrons. The molecule has 0 fully saturated rings. The lowest BCUT2D eigenvalue weighted by Crippen LogP contribution is -2.24. The van der Waals surface area contributed by atoms with Crippen molar-refractivity contribution in [1.82, 2.24) is 9.80 Å². The average Bonchev–Trinajstić information content (AvgIpc) is 2.83. The lowest BCUT2D eigenvalue weighted by Gasteiger charge is -2.22. The summed E-state index contributed by atoms with van der Waals surface area (Å²) in [5.41, 5.74) is 8.15. The predicted octanol–water partition coefficient (Wildman–Crippen LogP) is 4.67. The molecule has 0 N–H and O–H groups in total. The van der Waals surface area contributed by atoms with Crippen molar-refractivity contribution in [2.75, 3.05) is 6.67 Å². The third kappa shape index (κ3) is 4.16. The van der Waals surface area contributed by atoms with Gasteiger partial charge >= 0.3 is 0 Å². The summed E-state index contributed by atoms with van der Waals surface area (Å²) in [6.07, 6.45) is 4.42. The van der Waals surface area contributed by atoms with Crippen LogP contribution >= 0.6 is 0 Å². The quantitative estimate of drug-likeness (QED) is 0.810. The standard InChI is InChI=1S/C21H26N2/c1-16-7-17(2)10-20(9-16)13-22-5-6-23(15-22)14-21-11-18(3)8-19(4)12-21/h5-12H,13-15H2,1-4H3. The van der Waals surface area contributed by atoms with E-state index in [1.165, 1.54) is 33.4 Å². The van der Waals surface area contributed by atoms with Gasteiger partial charge in [-0.2, -0.15) is 0 Å². The maximum Gasteiger partial charge on any atom is 0.0900 e. The van der Waals surface area contributed by atoms with Crippen LogP contribution in [0.5, 0.6) is 0 Å². The van der Waals surface area contributed by atoms with E-state index in [-0.39, 0.29) is 0 Å². The van der Waals surface area contributed by atoms with Gasteiger partial charge in [-0.25, -0.2) is 0 Å². The van der Waals surface area contributed by atoms with Crippen LogP contribution < -0.4 is 0 Å². The number of hydrogen-bond donors (Lipinski definition) is 0. The summed E-state index contributed by atoms with van der Waals surface area (Å²) >= 11 is 0. The van der Waals surface area contributed by atoms with Crippen LogP contribution in [0.25, 0.3) is 0 Å². The number of hydrogen-bond acceptors (Lipinski definition) is 2. The molecule has 1 heterocycles. The minimum atomic E-state index is 0.958. The Morgan fingerprint density at radius 2 is 0.957 bits per heavy atom. The van der Waals surface area contributed by atoms with Crippen LogP contribution in [0.15, 0.2) is 48.8 Å². The van der Waals surface area contributed by atoms with Gasteiger partial charge in [-0.1, -0.05) is 58.7 Å². The summed E-state index contributed by atoms with van der Waals surface area (Å²) in [5.74, 6) is 0. The molecule has 2 nitrogen and oxygen atoms in total. The Bertz CT molecular complexity index is 629. The highest BCUT2D eigenvalue weighted by molar-refractivity contribution is 5.30. The molecule has 0 aliphatic carbocycles. The van der Waals surface area contributed by atoms with E-state index < -0.39 is 0 Å². The van der Waals surface area contributed by atoms with Gasteiger partial charge in [0.1, 0.15) is 0 Å². The van der Waals surface area contributed by atoms with Gasteiger partial charge in [-0.05, 0) is 38.8 Å². The number of aryl methyl sites for hydroxylation is 4. The monoisotopic (exact) mass is 306 g/mol. The molecule has 0 saturated carbocycles. The van der Waals surface area contributed by atoms with Gasteiger partial charge in [0.05, 0.1) is 6.67 Å². The molecule has 23 heavy (non-hydrogen) atoms. The zero-order chi connectivity index (χ0) is 16.4. The first-order chi connectivity index (χ1) is 11.0. The average molecular weight is 306 g/mol. The van der Waals surface area contributed by atoms with E-state index in [9.17, 15) is 0 Å². The fourth-order valence-corrected chi connectivity index (χ4v) is 3.51. The Morgan fingerprint density at radius 1 is 0.609 bits per heavy atom. The minimum Gasteiger partial charge on any atom is -0.354 e. The molecule has 0 saturated heterocycles. The second-order valence-electron chi connectivity index (χ2n) is 6.93. The highest BCUT2D eigenvalue weighted by Crippen LogP contribution is 2.18. The Kier molecular flexibility index (Phi) is 4.42. The summed E-state index contributed by atoms with van der Waals surface area (Å²) in [5, 5.41) is 0. The third-order valence-corrected chi connectivity index (χ3v) is 4.19. The summed E-state index contributed by atoms with van der Waals surface area (Å²) in [4.78, 5) is 4.74. The second kappa shape index (κ2) is 6.49. The summed E-state index contributed by atoms with van der Waals surface area (Å²) in [6.45, 7) is 11.6. The van der Waals surface area contributed by atoms with Crippen LogP contribution in [-0.4, -0.2) is 16.5 Å². The lowest BCUT2D eigenvalue weighted by molar-refractivity contribution is 0.254. The fraction of sp³-hybridized carbons (Fsp3) is 0.333. The Morgan fingerprint density at radius 3 is 1.30 bits per heavy atom. The highest BCUT2D eigenvalue weighted by atomic mass is 15.3. The molecule has 2 heteroatoms. The van der Waals surface area contributed by atoms with Crippen molar-refractivity contribution in [3.05, 3.63) is 82.2 Å². The predicted molar refractivity (Wildman–Crippen MR) is 96.9 cm³/mol. The molecule has 3 rings (SSSR count). The smallest absolute Gasteiger partial charge is 0.0900 e. The minimum absolute atomic E-state index is 0.958. The number of rotatable bonds is 4. The SMILES string of the molecule is Cc1cc(C)cc(CN2C=CN(Cc3cc(C)cc(C)c3)C2)c1. The fourth-order valence-electron chi connectivity index (χ4n) is 3.51. The van der Waals surface area contributed by atoms with Gasteiger partial charge in [-0.3, -0.25) is 0 Å². The van der Waals surface area contributed by atoms with E-state index in [2.05, 4.69) is 86.3 Å². The Balaban J connectivity index is 1.61. The van der Waals surface area contributed by atoms with Crippen molar-refractivity contribution in [3.63, 3.8) is 0 Å². The highest BCUT2D eigenvalue weighted by Gasteiger charge is 2.13. The van der Waals surface area contributed by atoms with Crippen LogP contribution in [-0.2, 0) is 13.1 Å². The van der Waals surface area contributed by atoms with E-state index >= 15 is 0 Å². The van der Waals surface area contributed by atoms with Crippen molar-refractivity contribution in [2.24, 2.45) is 0 Å². The first-order valence-electron chi connectivity index (χ1n) is 8.29. The largest absolute Gasteiger partial charge is 0.354 e. The molecule has 1 aliphatic heterocycles. The second-order valence-corrected chi connectivity index (χ2v) is 6.93. The molecule has 0 atom stereocenters. The molecule has 0 amide bonds. The van der Waals surface area contributed by atoms with E-state index in [4.69, 9.17) is 0 Å². The van der Waals surface area contributed by atoms with Crippen molar-refractivity contribution in [1.29, 1.82) is 0 Å². The van der Waals surface area contributed by atoms with Crippen molar-refractivity contribution in [2.45, 2.75) is 40.8 Å². The first-order valence-corrected chi connectivity index (χ1v) is 8.29. The van der Waals surface area contributed by atoms with Crippen LogP contribution in [0, 0.1) is 27.7 Å². The van der Waals surface area contributed by atoms with Crippen LogP contribution in [0.1, 0.15) is 33.4 Å². The van der Waals surface area contributed by atoms with E-state index in [1.54, 1.807) is 0 Å². The molecule has 1 aliphatic rings. The van der Waals surface area contributed by atoms with Gasteiger partial charge in [0.25, 0.3) is 0 Å². The topological polar surface area (TPSA) is 6.48 Å². The van der Waals surface area contributed by atoms with Gasteiger partial charge in [0.2, 0.25) is 0 Å². The normalized spacial score (nSPS) is 13.9. The maximum atomic E-state index is 2.37. The zero-order valence-corrected chi connectivity index (χ0v) is 14.6. The van der Waals surface area contributed by atoms with Crippen molar-refractivity contribution < 1.29 is 0 Å². The molecule has 0 aromatic heterocycles. The van der Waals surface area contributed by atoms with Crippen LogP contribution in [0.3, 0.4) is 0 Å². The number of nitrogens with zero attached hydrogens (tertiary/aromatic N) is 2. The van der Waals surface area contributed by atoms with E-state index in [0.717, 1.165) is 19.8 Å². The third-order valence-electron chi connectivity index (χ3n) is 4.19. The van der Waals surface area contributed by atoms with Gasteiger partial charge in [-0.15, -0.1) is 0 Å². The number of benzene rings is 2. The summed E-state index contributed by atoms with van der Waals surface area (Å²) < 4.78 is 0. The molecule has 120 valence electrons. The van der Waals surface area contributed by atoms with Gasteiger partial charge in [0, 0.05) is 25.5 Å². The molecule has 0 bridgehead atoms. The maximum absolute atomic E-state index is 2.37. The van der Waals surface area contributed by atoms with E-state index in [1.807, 2.05) is 0 Å². The summed E-state index contributed by atoms with van der Waals surface area (Å²) in [7, 11) is 0. The molecular weight excluding hydrogens is 280 g/mol. The van der Waals surface area contributed by atoms with Crippen LogP contribution in [0.2, 0.25) is 0 Å². The van der Waals surface area contributed by atoms with E-state index in [0.29, 0.717) is 0 Å².